The van der Waals surface area contributed by atoms with Gasteiger partial charge in [-0.3, -0.25) is 9.88 Å². The smallest absolute Gasteiger partial charge is 0.0547 e. The molecule has 1 aromatic rings. The molecule has 1 aliphatic rings. The Morgan fingerprint density at radius 1 is 1.43 bits per heavy atom. The van der Waals surface area contributed by atoms with Gasteiger partial charge in [0, 0.05) is 24.3 Å². The molecular weight excluding hydrogens is 258 g/mol. The van der Waals surface area contributed by atoms with E-state index in [1.54, 1.807) is 0 Å². The van der Waals surface area contributed by atoms with Crippen molar-refractivity contribution in [3.63, 3.8) is 0 Å². The van der Waals surface area contributed by atoms with Crippen molar-refractivity contribution in [2.24, 2.45) is 17.6 Å². The van der Waals surface area contributed by atoms with E-state index >= 15 is 0 Å². The first-order valence-electron chi connectivity index (χ1n) is 8.31. The second-order valence-corrected chi connectivity index (χ2v) is 7.16. The number of rotatable bonds is 5. The number of aromatic nitrogens is 1. The van der Waals surface area contributed by atoms with Gasteiger partial charge in [-0.25, -0.2) is 0 Å². The minimum atomic E-state index is 0.151. The molecule has 1 aromatic heterocycles. The Labute approximate surface area is 129 Å². The average molecular weight is 289 g/mol. The van der Waals surface area contributed by atoms with Gasteiger partial charge in [0.25, 0.3) is 0 Å². The number of nitrogens with two attached hydrogens (primary N) is 1. The lowest BCUT2D eigenvalue weighted by Gasteiger charge is -2.47. The van der Waals surface area contributed by atoms with Crippen LogP contribution in [0.2, 0.25) is 0 Å². The molecule has 0 saturated heterocycles. The Balaban J connectivity index is 2.11. The molecule has 3 heteroatoms. The molecule has 0 amide bonds. The van der Waals surface area contributed by atoms with E-state index in [1.807, 2.05) is 0 Å². The fourth-order valence-electron chi connectivity index (χ4n) is 3.74. The molecule has 2 atom stereocenters. The van der Waals surface area contributed by atoms with Gasteiger partial charge < -0.3 is 5.73 Å². The van der Waals surface area contributed by atoms with Crippen LogP contribution in [0.15, 0.2) is 18.2 Å². The van der Waals surface area contributed by atoms with E-state index < -0.39 is 0 Å². The summed E-state index contributed by atoms with van der Waals surface area (Å²) >= 11 is 0. The third-order valence-electron chi connectivity index (χ3n) is 5.34. The molecule has 118 valence electrons. The molecule has 1 heterocycles. The molecule has 0 aromatic carbocycles. The van der Waals surface area contributed by atoms with Crippen LogP contribution in [0, 0.1) is 18.8 Å². The SMILES string of the molecule is Cc1cccc(CN(C)C2(CN)CCCC(C(C)C)C2)n1. The van der Waals surface area contributed by atoms with E-state index in [-0.39, 0.29) is 5.54 Å². The third kappa shape index (κ3) is 3.83. The maximum absolute atomic E-state index is 6.22. The van der Waals surface area contributed by atoms with Gasteiger partial charge in [-0.2, -0.15) is 0 Å². The van der Waals surface area contributed by atoms with Crippen molar-refractivity contribution in [2.75, 3.05) is 13.6 Å². The van der Waals surface area contributed by atoms with Gasteiger partial charge in [0.2, 0.25) is 0 Å². The number of nitrogens with zero attached hydrogens (tertiary/aromatic N) is 2. The summed E-state index contributed by atoms with van der Waals surface area (Å²) < 4.78 is 0. The maximum atomic E-state index is 6.22. The Morgan fingerprint density at radius 2 is 2.19 bits per heavy atom. The van der Waals surface area contributed by atoms with Crippen molar-refractivity contribution in [3.05, 3.63) is 29.6 Å². The van der Waals surface area contributed by atoms with Crippen LogP contribution in [0.25, 0.3) is 0 Å². The molecule has 3 nitrogen and oxygen atoms in total. The van der Waals surface area contributed by atoms with E-state index in [0.717, 1.165) is 36.3 Å². The summed E-state index contributed by atoms with van der Waals surface area (Å²) in [7, 11) is 2.22. The van der Waals surface area contributed by atoms with E-state index in [9.17, 15) is 0 Å². The number of likely N-dealkylation sites (N-methyl/N-ethyl adjacent to an activating group) is 1. The summed E-state index contributed by atoms with van der Waals surface area (Å²) in [6, 6.07) is 6.27. The average Bonchev–Trinajstić information content (AvgIpc) is 2.47. The zero-order valence-electron chi connectivity index (χ0n) is 14.1. The summed E-state index contributed by atoms with van der Waals surface area (Å²) in [5.41, 5.74) is 8.61. The topological polar surface area (TPSA) is 42.1 Å². The second kappa shape index (κ2) is 6.89. The normalized spacial score (nSPS) is 26.5. The maximum Gasteiger partial charge on any atom is 0.0547 e. The van der Waals surface area contributed by atoms with Crippen LogP contribution < -0.4 is 5.73 Å². The lowest BCUT2D eigenvalue weighted by atomic mass is 9.71. The zero-order chi connectivity index (χ0) is 15.5. The highest BCUT2D eigenvalue weighted by molar-refractivity contribution is 5.10. The second-order valence-electron chi connectivity index (χ2n) is 7.16. The van der Waals surface area contributed by atoms with Gasteiger partial charge in [-0.15, -0.1) is 0 Å². The predicted molar refractivity (Wildman–Crippen MR) is 89.0 cm³/mol. The van der Waals surface area contributed by atoms with Crippen molar-refractivity contribution in [2.45, 2.75) is 58.5 Å². The first kappa shape index (κ1) is 16.4. The van der Waals surface area contributed by atoms with Gasteiger partial charge in [-0.1, -0.05) is 32.8 Å². The molecule has 21 heavy (non-hydrogen) atoms. The summed E-state index contributed by atoms with van der Waals surface area (Å²) in [5.74, 6) is 1.55. The fraction of sp³-hybridized carbons (Fsp3) is 0.722. The van der Waals surface area contributed by atoms with Crippen LogP contribution >= 0.6 is 0 Å². The summed E-state index contributed by atoms with van der Waals surface area (Å²) in [4.78, 5) is 7.11. The summed E-state index contributed by atoms with van der Waals surface area (Å²) in [6.07, 6.45) is 5.10. The number of hydrogen-bond acceptors (Lipinski definition) is 3. The molecule has 1 saturated carbocycles. The van der Waals surface area contributed by atoms with Crippen molar-refractivity contribution < 1.29 is 0 Å². The Bertz CT molecular complexity index is 458. The van der Waals surface area contributed by atoms with Crippen LogP contribution in [0.5, 0.6) is 0 Å². The molecule has 0 spiro atoms. The first-order valence-corrected chi connectivity index (χ1v) is 8.31. The van der Waals surface area contributed by atoms with Gasteiger partial charge in [-0.05, 0) is 50.8 Å². The quantitative estimate of drug-likeness (QED) is 0.903. The highest BCUT2D eigenvalue weighted by Gasteiger charge is 2.39. The van der Waals surface area contributed by atoms with Crippen molar-refractivity contribution in [1.29, 1.82) is 0 Å². The third-order valence-corrected chi connectivity index (χ3v) is 5.34. The molecule has 1 aliphatic carbocycles. The van der Waals surface area contributed by atoms with Crippen LogP contribution in [-0.4, -0.2) is 29.0 Å². The Hall–Kier alpha value is -0.930. The minimum absolute atomic E-state index is 0.151. The van der Waals surface area contributed by atoms with Crippen molar-refractivity contribution in [1.82, 2.24) is 9.88 Å². The molecule has 2 unspecified atom stereocenters. The number of aryl methyl sites for hydroxylation is 1. The molecule has 1 fully saturated rings. The van der Waals surface area contributed by atoms with Gasteiger partial charge in [0.05, 0.1) is 5.69 Å². The Morgan fingerprint density at radius 3 is 2.81 bits per heavy atom. The number of pyridine rings is 1. The zero-order valence-corrected chi connectivity index (χ0v) is 14.1. The molecule has 2 N–H and O–H groups in total. The lowest BCUT2D eigenvalue weighted by Crippen LogP contribution is -2.54. The van der Waals surface area contributed by atoms with E-state index in [4.69, 9.17) is 5.73 Å². The van der Waals surface area contributed by atoms with Crippen LogP contribution in [0.4, 0.5) is 0 Å². The molecular formula is C18H31N3. The largest absolute Gasteiger partial charge is 0.329 e. The summed E-state index contributed by atoms with van der Waals surface area (Å²) in [5, 5.41) is 0. The Kier molecular flexibility index (Phi) is 5.39. The van der Waals surface area contributed by atoms with Gasteiger partial charge in [0.15, 0.2) is 0 Å². The van der Waals surface area contributed by atoms with Gasteiger partial charge >= 0.3 is 0 Å². The van der Waals surface area contributed by atoms with E-state index in [1.165, 1.54) is 25.7 Å². The monoisotopic (exact) mass is 289 g/mol. The highest BCUT2D eigenvalue weighted by Crippen LogP contribution is 2.39. The predicted octanol–water partition coefficient (Wildman–Crippen LogP) is 3.37. The molecule has 0 radical (unpaired) electrons. The van der Waals surface area contributed by atoms with Gasteiger partial charge in [0.1, 0.15) is 0 Å². The van der Waals surface area contributed by atoms with E-state index in [2.05, 4.69) is 55.9 Å². The van der Waals surface area contributed by atoms with Crippen molar-refractivity contribution in [3.8, 4) is 0 Å². The molecule has 0 bridgehead atoms. The summed E-state index contributed by atoms with van der Waals surface area (Å²) in [6.45, 7) is 8.39. The first-order chi connectivity index (χ1) is 9.97. The highest BCUT2D eigenvalue weighted by atomic mass is 15.2. The molecule has 0 aliphatic heterocycles. The molecule has 2 rings (SSSR count). The van der Waals surface area contributed by atoms with Crippen LogP contribution in [-0.2, 0) is 6.54 Å². The fourth-order valence-corrected chi connectivity index (χ4v) is 3.74. The van der Waals surface area contributed by atoms with E-state index in [0.29, 0.717) is 0 Å². The van der Waals surface area contributed by atoms with Crippen LogP contribution in [0.3, 0.4) is 0 Å². The van der Waals surface area contributed by atoms with Crippen molar-refractivity contribution >= 4 is 0 Å². The minimum Gasteiger partial charge on any atom is -0.329 e. The lowest BCUT2D eigenvalue weighted by molar-refractivity contribution is 0.0388. The number of hydrogen-bond donors (Lipinski definition) is 1. The van der Waals surface area contributed by atoms with Crippen LogP contribution in [0.1, 0.15) is 50.9 Å². The standard InChI is InChI=1S/C18H31N3/c1-14(2)16-8-6-10-18(11-16,13-19)21(4)12-17-9-5-7-15(3)20-17/h5,7,9,14,16H,6,8,10-13,19H2,1-4H3.